The number of rotatable bonds is 7. The highest BCUT2D eigenvalue weighted by Crippen LogP contribution is 2.24. The maximum Gasteiger partial charge on any atom is 0.315 e. The van der Waals surface area contributed by atoms with E-state index in [0.717, 1.165) is 11.4 Å². The molecule has 0 bridgehead atoms. The lowest BCUT2D eigenvalue weighted by molar-refractivity contribution is 0.238. The lowest BCUT2D eigenvalue weighted by Crippen LogP contribution is -2.38. The number of aryl methyl sites for hydroxylation is 1. The maximum atomic E-state index is 12.0. The van der Waals surface area contributed by atoms with Gasteiger partial charge in [0.25, 0.3) is 0 Å². The Balaban J connectivity index is 1.77. The minimum absolute atomic E-state index is 0.0436. The van der Waals surface area contributed by atoms with Gasteiger partial charge in [-0.2, -0.15) is 5.10 Å². The molecule has 0 spiro atoms. The van der Waals surface area contributed by atoms with Crippen LogP contribution < -0.4 is 10.6 Å². The third-order valence-electron chi connectivity index (χ3n) is 3.54. The third kappa shape index (κ3) is 5.56. The van der Waals surface area contributed by atoms with E-state index >= 15 is 0 Å². The quantitative estimate of drug-likeness (QED) is 0.756. The highest BCUT2D eigenvalue weighted by atomic mass is 32.2. The number of amides is 2. The van der Waals surface area contributed by atoms with Gasteiger partial charge in [-0.05, 0) is 24.6 Å². The zero-order valence-corrected chi connectivity index (χ0v) is 15.4. The van der Waals surface area contributed by atoms with E-state index < -0.39 is 0 Å². The summed E-state index contributed by atoms with van der Waals surface area (Å²) < 4.78 is 1.71. The number of nitrogens with one attached hydrogen (secondary N) is 2. The summed E-state index contributed by atoms with van der Waals surface area (Å²) in [4.78, 5) is 17.4. The van der Waals surface area contributed by atoms with Crippen molar-refractivity contribution in [1.29, 1.82) is 0 Å². The molecule has 0 saturated carbocycles. The fraction of sp³-hybridized carbons (Fsp3) is 0.471. The Morgan fingerprint density at radius 3 is 2.54 bits per heavy atom. The van der Waals surface area contributed by atoms with Gasteiger partial charge in [0.15, 0.2) is 0 Å². The molecule has 1 aromatic heterocycles. The Labute approximate surface area is 147 Å². The van der Waals surface area contributed by atoms with Crippen molar-refractivity contribution in [3.05, 3.63) is 42.0 Å². The molecule has 0 radical (unpaired) electrons. The van der Waals surface area contributed by atoms with Gasteiger partial charge in [-0.3, -0.25) is 4.68 Å². The molecule has 1 atom stereocenters. The third-order valence-corrected chi connectivity index (χ3v) is 4.55. The van der Waals surface area contributed by atoms with Crippen LogP contribution in [0.5, 0.6) is 0 Å². The van der Waals surface area contributed by atoms with Crippen LogP contribution in [0.4, 0.5) is 4.79 Å². The van der Waals surface area contributed by atoms with Crippen molar-refractivity contribution in [1.82, 2.24) is 25.4 Å². The summed E-state index contributed by atoms with van der Waals surface area (Å²) in [5.74, 6) is 0.849. The Morgan fingerprint density at radius 2 is 1.96 bits per heavy atom. The molecule has 2 aromatic rings. The van der Waals surface area contributed by atoms with Gasteiger partial charge in [0, 0.05) is 30.2 Å². The van der Waals surface area contributed by atoms with Crippen LogP contribution in [0.1, 0.15) is 38.2 Å². The van der Waals surface area contributed by atoms with Crippen molar-refractivity contribution in [3.8, 4) is 0 Å². The molecule has 2 N–H and O–H groups in total. The smallest absolute Gasteiger partial charge is 0.315 e. The molecular weight excluding hydrogens is 322 g/mol. The largest absolute Gasteiger partial charge is 0.338 e. The van der Waals surface area contributed by atoms with Crippen molar-refractivity contribution in [2.45, 2.75) is 43.4 Å². The Bertz CT molecular complexity index is 653. The van der Waals surface area contributed by atoms with E-state index in [2.05, 4.69) is 58.8 Å². The monoisotopic (exact) mass is 347 g/mol. The van der Waals surface area contributed by atoms with Crippen LogP contribution in [0.15, 0.2) is 35.5 Å². The van der Waals surface area contributed by atoms with Crippen LogP contribution in [-0.2, 0) is 13.5 Å². The predicted octanol–water partition coefficient (Wildman–Crippen LogP) is 2.92. The van der Waals surface area contributed by atoms with Crippen LogP contribution in [0.3, 0.4) is 0 Å². The first kappa shape index (κ1) is 18.3. The van der Waals surface area contributed by atoms with Gasteiger partial charge >= 0.3 is 6.03 Å². The Kier molecular flexibility index (Phi) is 6.66. The Morgan fingerprint density at radius 1 is 1.25 bits per heavy atom. The zero-order valence-electron chi connectivity index (χ0n) is 14.6. The summed E-state index contributed by atoms with van der Waals surface area (Å²) in [6.07, 6.45) is 2.16. The second-order valence-electron chi connectivity index (χ2n) is 5.91. The second-order valence-corrected chi connectivity index (χ2v) is 7.56. The normalized spacial score (nSPS) is 12.2. The van der Waals surface area contributed by atoms with Crippen molar-refractivity contribution >= 4 is 17.8 Å². The number of hydrogen-bond donors (Lipinski definition) is 2. The van der Waals surface area contributed by atoms with Crippen LogP contribution in [0.2, 0.25) is 0 Å². The predicted molar refractivity (Wildman–Crippen MR) is 97.1 cm³/mol. The summed E-state index contributed by atoms with van der Waals surface area (Å²) >= 11 is 1.83. The lowest BCUT2D eigenvalue weighted by Gasteiger charge is -2.15. The van der Waals surface area contributed by atoms with E-state index in [1.165, 1.54) is 11.2 Å². The first-order chi connectivity index (χ1) is 11.5. The molecule has 1 aromatic carbocycles. The zero-order chi connectivity index (χ0) is 17.5. The van der Waals surface area contributed by atoms with Gasteiger partial charge in [-0.25, -0.2) is 9.78 Å². The van der Waals surface area contributed by atoms with Crippen molar-refractivity contribution in [2.24, 2.45) is 7.05 Å². The highest BCUT2D eigenvalue weighted by Gasteiger charge is 2.10. The van der Waals surface area contributed by atoms with Gasteiger partial charge < -0.3 is 10.6 Å². The number of nitrogens with zero attached hydrogens (tertiary/aromatic N) is 3. The van der Waals surface area contributed by atoms with Gasteiger partial charge in [0.05, 0.1) is 6.04 Å². The van der Waals surface area contributed by atoms with Crippen molar-refractivity contribution in [3.63, 3.8) is 0 Å². The number of carbonyl (C=O) groups excluding carboxylic acids is 1. The number of urea groups is 1. The number of thioether (sulfide) groups is 1. The topological polar surface area (TPSA) is 71.8 Å². The molecule has 0 aliphatic heterocycles. The molecule has 0 fully saturated rings. The maximum absolute atomic E-state index is 12.0. The van der Waals surface area contributed by atoms with E-state index in [4.69, 9.17) is 0 Å². The van der Waals surface area contributed by atoms with E-state index in [-0.39, 0.29) is 12.1 Å². The fourth-order valence-corrected chi connectivity index (χ4v) is 3.11. The summed E-state index contributed by atoms with van der Waals surface area (Å²) in [6, 6.07) is 8.11. The van der Waals surface area contributed by atoms with E-state index in [0.29, 0.717) is 18.2 Å². The molecule has 1 heterocycles. The molecule has 6 nitrogen and oxygen atoms in total. The second kappa shape index (κ2) is 8.73. The standard InChI is InChI=1S/C17H25N5OS/c1-12(2)24-15-7-5-14(6-8-15)13(3)21-17(23)18-10-9-16-19-11-20-22(16)4/h5-8,11-13H,9-10H2,1-4H3,(H2,18,21,23)/t13-/m1/s1. The number of carbonyl (C=O) groups is 1. The SMILES string of the molecule is CC(C)Sc1ccc([C@@H](C)NC(=O)NCCc2ncnn2C)cc1. The first-order valence-corrected chi connectivity index (χ1v) is 8.97. The lowest BCUT2D eigenvalue weighted by atomic mass is 10.1. The average molecular weight is 347 g/mol. The number of aromatic nitrogens is 3. The molecule has 130 valence electrons. The molecule has 0 unspecified atom stereocenters. The summed E-state index contributed by atoms with van der Waals surface area (Å²) in [5, 5.41) is 10.4. The molecule has 2 rings (SSSR count). The van der Waals surface area contributed by atoms with E-state index in [9.17, 15) is 4.79 Å². The Hall–Kier alpha value is -2.02. The highest BCUT2D eigenvalue weighted by molar-refractivity contribution is 7.99. The van der Waals surface area contributed by atoms with Gasteiger partial charge in [0.1, 0.15) is 12.2 Å². The number of hydrogen-bond acceptors (Lipinski definition) is 4. The molecule has 7 heteroatoms. The van der Waals surface area contributed by atoms with Crippen LogP contribution in [-0.4, -0.2) is 32.6 Å². The van der Waals surface area contributed by atoms with Crippen LogP contribution >= 0.6 is 11.8 Å². The summed E-state index contributed by atoms with van der Waals surface area (Å²) in [6.45, 7) is 6.85. The summed E-state index contributed by atoms with van der Waals surface area (Å²) in [5.41, 5.74) is 1.09. The van der Waals surface area contributed by atoms with Crippen LogP contribution in [0.25, 0.3) is 0 Å². The molecular formula is C17H25N5OS. The molecule has 0 aliphatic rings. The molecule has 0 saturated heterocycles. The minimum Gasteiger partial charge on any atom is -0.338 e. The minimum atomic E-state index is -0.176. The van der Waals surface area contributed by atoms with Crippen LogP contribution in [0, 0.1) is 0 Å². The fourth-order valence-electron chi connectivity index (χ4n) is 2.27. The van der Waals surface area contributed by atoms with Gasteiger partial charge in [-0.15, -0.1) is 11.8 Å². The van der Waals surface area contributed by atoms with Crippen molar-refractivity contribution < 1.29 is 4.79 Å². The van der Waals surface area contributed by atoms with Gasteiger partial charge in [0.2, 0.25) is 0 Å². The van der Waals surface area contributed by atoms with E-state index in [1.807, 2.05) is 25.7 Å². The molecule has 2 amide bonds. The average Bonchev–Trinajstić information content (AvgIpc) is 2.92. The van der Waals surface area contributed by atoms with Gasteiger partial charge in [-0.1, -0.05) is 26.0 Å². The van der Waals surface area contributed by atoms with E-state index in [1.54, 1.807) is 4.68 Å². The van der Waals surface area contributed by atoms with Crippen molar-refractivity contribution in [2.75, 3.05) is 6.54 Å². The number of benzene rings is 1. The molecule has 24 heavy (non-hydrogen) atoms. The molecule has 0 aliphatic carbocycles. The summed E-state index contributed by atoms with van der Waals surface area (Å²) in [7, 11) is 1.84. The first-order valence-electron chi connectivity index (χ1n) is 8.09.